The van der Waals surface area contributed by atoms with Crippen LogP contribution in [0.5, 0.6) is 0 Å². The first-order chi connectivity index (χ1) is 9.28. The van der Waals surface area contributed by atoms with Gasteiger partial charge in [0.25, 0.3) is 20.2 Å². The Labute approximate surface area is 123 Å². The van der Waals surface area contributed by atoms with Crippen molar-refractivity contribution in [3.63, 3.8) is 0 Å². The van der Waals surface area contributed by atoms with Crippen molar-refractivity contribution in [1.29, 1.82) is 0 Å². The fourth-order valence-corrected chi connectivity index (χ4v) is 3.96. The molecule has 0 unspecified atom stereocenters. The molecule has 0 aliphatic rings. The molecule has 20 heavy (non-hydrogen) atoms. The molecule has 6 nitrogen and oxygen atoms in total. The monoisotopic (exact) mass is 330 g/mol. The first-order valence-corrected chi connectivity index (χ1v) is 9.98. The van der Waals surface area contributed by atoms with Gasteiger partial charge in [-0.25, -0.2) is 0 Å². The van der Waals surface area contributed by atoms with Crippen LogP contribution in [0, 0.1) is 0 Å². The van der Waals surface area contributed by atoms with Crippen molar-refractivity contribution in [2.24, 2.45) is 0 Å². The van der Waals surface area contributed by atoms with Gasteiger partial charge in [0.15, 0.2) is 0 Å². The molecule has 0 N–H and O–H groups in total. The van der Waals surface area contributed by atoms with E-state index in [1.54, 1.807) is 0 Å². The summed E-state index contributed by atoms with van der Waals surface area (Å²) in [4.78, 5) is 0. The van der Waals surface area contributed by atoms with Crippen LogP contribution in [-0.4, -0.2) is 34.6 Å². The van der Waals surface area contributed by atoms with Crippen LogP contribution in [0.15, 0.2) is 0 Å². The van der Waals surface area contributed by atoms with Crippen molar-refractivity contribution < 1.29 is 25.2 Å². The van der Waals surface area contributed by atoms with Gasteiger partial charge in [0.2, 0.25) is 4.58 Å². The SMILES string of the molecule is CCCCCOS(=O)(=O)C(C)S(=O)(=O)OCCCCC. The van der Waals surface area contributed by atoms with Crippen molar-refractivity contribution in [2.45, 2.75) is 63.9 Å². The second-order valence-electron chi connectivity index (χ2n) is 4.61. The van der Waals surface area contributed by atoms with E-state index < -0.39 is 24.8 Å². The summed E-state index contributed by atoms with van der Waals surface area (Å²) < 4.78 is 54.7. The van der Waals surface area contributed by atoms with Gasteiger partial charge in [0.05, 0.1) is 13.2 Å². The maximum atomic E-state index is 11.7. The predicted molar refractivity (Wildman–Crippen MR) is 78.3 cm³/mol. The van der Waals surface area contributed by atoms with Crippen LogP contribution in [0.1, 0.15) is 59.3 Å². The van der Waals surface area contributed by atoms with E-state index in [0.29, 0.717) is 12.8 Å². The molecule has 0 aliphatic carbocycles. The molecular weight excluding hydrogens is 304 g/mol. The lowest BCUT2D eigenvalue weighted by Gasteiger charge is -2.13. The van der Waals surface area contributed by atoms with Gasteiger partial charge in [0.1, 0.15) is 0 Å². The summed E-state index contributed by atoms with van der Waals surface area (Å²) in [6.07, 6.45) is 4.70. The lowest BCUT2D eigenvalue weighted by Crippen LogP contribution is -2.31. The lowest BCUT2D eigenvalue weighted by molar-refractivity contribution is 0.293. The van der Waals surface area contributed by atoms with E-state index in [9.17, 15) is 16.8 Å². The van der Waals surface area contributed by atoms with E-state index in [1.165, 1.54) is 0 Å². The summed E-state index contributed by atoms with van der Waals surface area (Å²) in [5.41, 5.74) is 0. The summed E-state index contributed by atoms with van der Waals surface area (Å²) in [5.74, 6) is 0. The largest absolute Gasteiger partial charge is 0.287 e. The zero-order valence-electron chi connectivity index (χ0n) is 12.5. The van der Waals surface area contributed by atoms with Crippen molar-refractivity contribution in [1.82, 2.24) is 0 Å². The summed E-state index contributed by atoms with van der Waals surface area (Å²) in [6, 6.07) is 0. The minimum absolute atomic E-state index is 0.00582. The standard InChI is InChI=1S/C12H26O6S2/c1-4-6-8-10-17-19(13,14)12(3)20(15,16)18-11-9-7-5-2/h12H,4-11H2,1-3H3. The first kappa shape index (κ1) is 19.8. The molecule has 0 radical (unpaired) electrons. The van der Waals surface area contributed by atoms with Crippen LogP contribution in [0.4, 0.5) is 0 Å². The average molecular weight is 330 g/mol. The molecule has 0 bridgehead atoms. The third kappa shape index (κ3) is 7.56. The molecule has 0 aliphatic heterocycles. The van der Waals surface area contributed by atoms with Gasteiger partial charge >= 0.3 is 0 Å². The lowest BCUT2D eigenvalue weighted by atomic mass is 10.3. The summed E-state index contributed by atoms with van der Waals surface area (Å²) in [5, 5.41) is 0. The summed E-state index contributed by atoms with van der Waals surface area (Å²) in [7, 11) is -8.31. The highest BCUT2D eigenvalue weighted by atomic mass is 32.3. The highest BCUT2D eigenvalue weighted by molar-refractivity contribution is 8.04. The molecule has 0 heterocycles. The minimum Gasteiger partial charge on any atom is -0.269 e. The Morgan fingerprint density at radius 1 is 0.750 bits per heavy atom. The van der Waals surface area contributed by atoms with Crippen LogP contribution in [0.2, 0.25) is 0 Å². The van der Waals surface area contributed by atoms with Gasteiger partial charge < -0.3 is 0 Å². The molecule has 0 saturated heterocycles. The molecule has 0 spiro atoms. The van der Waals surface area contributed by atoms with Crippen LogP contribution in [0.25, 0.3) is 0 Å². The maximum absolute atomic E-state index is 11.7. The quantitative estimate of drug-likeness (QED) is 0.403. The van der Waals surface area contributed by atoms with E-state index in [0.717, 1.165) is 32.6 Å². The molecule has 0 aromatic heterocycles. The fraction of sp³-hybridized carbons (Fsp3) is 1.00. The first-order valence-electron chi connectivity index (χ1n) is 7.04. The number of rotatable bonds is 12. The Balaban J connectivity index is 4.41. The molecule has 0 amide bonds. The summed E-state index contributed by atoms with van der Waals surface area (Å²) >= 11 is 0. The molecule has 0 atom stereocenters. The second-order valence-corrected chi connectivity index (χ2v) is 8.77. The van der Waals surface area contributed by atoms with Crippen molar-refractivity contribution in [3.05, 3.63) is 0 Å². The van der Waals surface area contributed by atoms with Gasteiger partial charge in [0, 0.05) is 0 Å². The number of hydrogen-bond donors (Lipinski definition) is 0. The molecule has 0 saturated carbocycles. The van der Waals surface area contributed by atoms with E-state index >= 15 is 0 Å². The van der Waals surface area contributed by atoms with Gasteiger partial charge in [-0.1, -0.05) is 39.5 Å². The van der Waals surface area contributed by atoms with Crippen LogP contribution in [-0.2, 0) is 28.6 Å². The number of unbranched alkanes of at least 4 members (excludes halogenated alkanes) is 4. The van der Waals surface area contributed by atoms with E-state index in [1.807, 2.05) is 13.8 Å². The molecule has 0 aromatic rings. The van der Waals surface area contributed by atoms with Crippen LogP contribution >= 0.6 is 0 Å². The Morgan fingerprint density at radius 3 is 1.40 bits per heavy atom. The van der Waals surface area contributed by atoms with Crippen molar-refractivity contribution in [3.8, 4) is 0 Å². The third-order valence-electron chi connectivity index (χ3n) is 2.80. The maximum Gasteiger partial charge on any atom is 0.287 e. The molecule has 0 fully saturated rings. The predicted octanol–water partition coefficient (Wildman–Crippen LogP) is 2.41. The molecular formula is C12H26O6S2. The third-order valence-corrected chi connectivity index (χ3v) is 6.83. The smallest absolute Gasteiger partial charge is 0.269 e. The van der Waals surface area contributed by atoms with E-state index in [4.69, 9.17) is 8.37 Å². The van der Waals surface area contributed by atoms with Gasteiger partial charge in [-0.2, -0.15) is 16.8 Å². The van der Waals surface area contributed by atoms with Crippen LogP contribution in [0.3, 0.4) is 0 Å². The highest BCUT2D eigenvalue weighted by Crippen LogP contribution is 2.15. The topological polar surface area (TPSA) is 86.7 Å². The highest BCUT2D eigenvalue weighted by Gasteiger charge is 2.35. The normalized spacial score (nSPS) is 13.0. The van der Waals surface area contributed by atoms with Gasteiger partial charge in [-0.3, -0.25) is 8.37 Å². The molecule has 122 valence electrons. The van der Waals surface area contributed by atoms with Gasteiger partial charge in [-0.05, 0) is 19.8 Å². The zero-order valence-corrected chi connectivity index (χ0v) is 14.1. The molecule has 8 heteroatoms. The van der Waals surface area contributed by atoms with E-state index in [-0.39, 0.29) is 13.2 Å². The van der Waals surface area contributed by atoms with Crippen molar-refractivity contribution in [2.75, 3.05) is 13.2 Å². The Kier molecular flexibility index (Phi) is 9.61. The number of hydrogen-bond acceptors (Lipinski definition) is 6. The van der Waals surface area contributed by atoms with Gasteiger partial charge in [-0.15, -0.1) is 0 Å². The minimum atomic E-state index is -4.15. The Bertz CT molecular complexity index is 399. The fourth-order valence-electron chi connectivity index (χ4n) is 1.39. The Morgan fingerprint density at radius 2 is 1.10 bits per heavy atom. The van der Waals surface area contributed by atoms with E-state index in [2.05, 4.69) is 0 Å². The summed E-state index contributed by atoms with van der Waals surface area (Å²) in [6.45, 7) is 5.04. The molecule has 0 rings (SSSR count). The van der Waals surface area contributed by atoms with Crippen molar-refractivity contribution >= 4 is 20.2 Å². The molecule has 0 aromatic carbocycles. The second kappa shape index (κ2) is 9.70. The van der Waals surface area contributed by atoms with Crippen LogP contribution < -0.4 is 0 Å². The zero-order chi connectivity index (χ0) is 15.6. The average Bonchev–Trinajstić information content (AvgIpc) is 2.39. The Hall–Kier alpha value is -0.180.